The molecule has 3 aromatic rings. The van der Waals surface area contributed by atoms with E-state index in [1.54, 1.807) is 26.4 Å². The zero-order valence-corrected chi connectivity index (χ0v) is 12.9. The lowest BCUT2D eigenvalue weighted by Gasteiger charge is -2.12. The van der Waals surface area contributed by atoms with Gasteiger partial charge in [-0.15, -0.1) is 0 Å². The van der Waals surface area contributed by atoms with Crippen LogP contribution in [0, 0.1) is 0 Å². The highest BCUT2D eigenvalue weighted by molar-refractivity contribution is 5.77. The van der Waals surface area contributed by atoms with Crippen LogP contribution in [0.5, 0.6) is 17.2 Å². The molecule has 5 heteroatoms. The van der Waals surface area contributed by atoms with E-state index >= 15 is 0 Å². The highest BCUT2D eigenvalue weighted by Crippen LogP contribution is 2.26. The number of ether oxygens (including phenoxy) is 3. The first kappa shape index (κ1) is 15.0. The minimum Gasteiger partial charge on any atom is -0.497 e. The third kappa shape index (κ3) is 3.29. The van der Waals surface area contributed by atoms with Gasteiger partial charge in [0.1, 0.15) is 29.4 Å². The van der Waals surface area contributed by atoms with E-state index in [0.717, 1.165) is 22.4 Å². The van der Waals surface area contributed by atoms with Gasteiger partial charge in [0.2, 0.25) is 0 Å². The van der Waals surface area contributed by atoms with Crippen molar-refractivity contribution in [3.63, 3.8) is 0 Å². The molecule has 0 amide bonds. The van der Waals surface area contributed by atoms with Gasteiger partial charge in [-0.1, -0.05) is 0 Å². The normalized spacial score (nSPS) is 10.5. The van der Waals surface area contributed by atoms with Gasteiger partial charge in [-0.05, 0) is 36.4 Å². The number of methoxy groups -OCH3 is 2. The Morgan fingerprint density at radius 1 is 0.913 bits per heavy atom. The number of rotatable bonds is 5. The Labute approximate surface area is 133 Å². The monoisotopic (exact) mass is 312 g/mol. The van der Waals surface area contributed by atoms with Crippen LogP contribution in [0.2, 0.25) is 0 Å². The molecule has 2 aromatic carbocycles. The molecule has 0 atom stereocenters. The number of hydrogen-bond acceptors (Lipinski definition) is 5. The second-order valence-corrected chi connectivity index (χ2v) is 4.92. The first-order chi connectivity index (χ1) is 11.2. The van der Waals surface area contributed by atoms with Gasteiger partial charge in [0.15, 0.2) is 0 Å². The van der Waals surface area contributed by atoms with Gasteiger partial charge in [-0.3, -0.25) is 0 Å². The van der Waals surface area contributed by atoms with Gasteiger partial charge < -0.3 is 18.6 Å². The van der Waals surface area contributed by atoms with E-state index in [-0.39, 0.29) is 5.63 Å². The smallest absolute Gasteiger partial charge is 0.336 e. The lowest BCUT2D eigenvalue weighted by atomic mass is 10.2. The summed E-state index contributed by atoms with van der Waals surface area (Å²) < 4.78 is 21.5. The second kappa shape index (κ2) is 6.44. The van der Waals surface area contributed by atoms with Crippen LogP contribution in [-0.2, 0) is 6.61 Å². The van der Waals surface area contributed by atoms with Crippen molar-refractivity contribution in [2.75, 3.05) is 14.2 Å². The van der Waals surface area contributed by atoms with Gasteiger partial charge in [-0.2, -0.15) is 0 Å². The summed E-state index contributed by atoms with van der Waals surface area (Å²) in [5.41, 5.74) is 0.971. The van der Waals surface area contributed by atoms with Crippen LogP contribution in [0.1, 0.15) is 5.56 Å². The standard InChI is InChI=1S/C18H16O5/c1-20-14-6-7-16(21-2)13(9-14)11-22-15-5-3-12-4-8-18(19)23-17(12)10-15/h3-10H,11H2,1-2H3. The molecular weight excluding hydrogens is 296 g/mol. The van der Waals surface area contributed by atoms with Crippen molar-refractivity contribution >= 4 is 11.0 Å². The van der Waals surface area contributed by atoms with Crippen molar-refractivity contribution in [2.45, 2.75) is 6.61 Å². The molecule has 23 heavy (non-hydrogen) atoms. The van der Waals surface area contributed by atoms with Crippen LogP contribution in [0.3, 0.4) is 0 Å². The molecule has 0 spiro atoms. The Morgan fingerprint density at radius 3 is 2.48 bits per heavy atom. The van der Waals surface area contributed by atoms with Crippen molar-refractivity contribution in [3.8, 4) is 17.2 Å². The first-order valence-corrected chi connectivity index (χ1v) is 7.07. The van der Waals surface area contributed by atoms with Crippen LogP contribution in [0.15, 0.2) is 57.7 Å². The third-order valence-corrected chi connectivity index (χ3v) is 3.48. The Morgan fingerprint density at radius 2 is 1.70 bits per heavy atom. The van der Waals surface area contributed by atoms with Crippen LogP contribution in [-0.4, -0.2) is 14.2 Å². The minimum atomic E-state index is -0.385. The topological polar surface area (TPSA) is 57.9 Å². The van der Waals surface area contributed by atoms with Crippen molar-refractivity contribution in [3.05, 3.63) is 64.5 Å². The van der Waals surface area contributed by atoms with E-state index < -0.39 is 0 Å². The van der Waals surface area contributed by atoms with Gasteiger partial charge in [0.05, 0.1) is 14.2 Å². The Balaban J connectivity index is 1.84. The first-order valence-electron chi connectivity index (χ1n) is 7.07. The third-order valence-electron chi connectivity index (χ3n) is 3.48. The summed E-state index contributed by atoms with van der Waals surface area (Å²) in [6.07, 6.45) is 0. The molecule has 3 rings (SSSR count). The molecule has 0 fully saturated rings. The van der Waals surface area contributed by atoms with Crippen molar-refractivity contribution in [2.24, 2.45) is 0 Å². The van der Waals surface area contributed by atoms with E-state index in [4.69, 9.17) is 18.6 Å². The number of fused-ring (bicyclic) bond motifs is 1. The Kier molecular flexibility index (Phi) is 4.19. The molecular formula is C18H16O5. The fourth-order valence-corrected chi connectivity index (χ4v) is 2.29. The lowest BCUT2D eigenvalue weighted by Crippen LogP contribution is -2.00. The Bertz CT molecular complexity index is 882. The molecule has 0 saturated heterocycles. The lowest BCUT2D eigenvalue weighted by molar-refractivity contribution is 0.295. The summed E-state index contributed by atoms with van der Waals surface area (Å²) in [5, 5.41) is 0.843. The second-order valence-electron chi connectivity index (χ2n) is 4.92. The maximum Gasteiger partial charge on any atom is 0.336 e. The summed E-state index contributed by atoms with van der Waals surface area (Å²) in [7, 11) is 3.22. The van der Waals surface area contributed by atoms with E-state index in [1.165, 1.54) is 6.07 Å². The highest BCUT2D eigenvalue weighted by atomic mass is 16.5. The molecule has 0 aliphatic rings. The molecule has 0 radical (unpaired) electrons. The fourth-order valence-electron chi connectivity index (χ4n) is 2.29. The average molecular weight is 312 g/mol. The molecule has 0 N–H and O–H groups in total. The predicted octanol–water partition coefficient (Wildman–Crippen LogP) is 3.39. The van der Waals surface area contributed by atoms with E-state index in [2.05, 4.69) is 0 Å². The summed E-state index contributed by atoms with van der Waals surface area (Å²) >= 11 is 0. The summed E-state index contributed by atoms with van der Waals surface area (Å²) in [6.45, 7) is 0.308. The molecule has 0 unspecified atom stereocenters. The average Bonchev–Trinajstić information content (AvgIpc) is 2.59. The van der Waals surface area contributed by atoms with E-state index in [0.29, 0.717) is 17.9 Å². The molecule has 118 valence electrons. The maximum atomic E-state index is 11.3. The molecule has 5 nitrogen and oxygen atoms in total. The zero-order valence-electron chi connectivity index (χ0n) is 12.9. The van der Waals surface area contributed by atoms with Gasteiger partial charge >= 0.3 is 5.63 Å². The van der Waals surface area contributed by atoms with E-state index in [1.807, 2.05) is 30.3 Å². The van der Waals surface area contributed by atoms with Crippen molar-refractivity contribution in [1.29, 1.82) is 0 Å². The molecule has 0 saturated carbocycles. The van der Waals surface area contributed by atoms with Crippen molar-refractivity contribution < 1.29 is 18.6 Å². The largest absolute Gasteiger partial charge is 0.497 e. The minimum absolute atomic E-state index is 0.308. The maximum absolute atomic E-state index is 11.3. The summed E-state index contributed by atoms with van der Waals surface area (Å²) in [4.78, 5) is 11.3. The van der Waals surface area contributed by atoms with Crippen molar-refractivity contribution in [1.82, 2.24) is 0 Å². The van der Waals surface area contributed by atoms with Crippen LogP contribution >= 0.6 is 0 Å². The van der Waals surface area contributed by atoms with Gasteiger partial charge in [-0.25, -0.2) is 4.79 Å². The summed E-state index contributed by atoms with van der Waals surface area (Å²) in [5.74, 6) is 2.06. The number of hydrogen-bond donors (Lipinski definition) is 0. The predicted molar refractivity (Wildman–Crippen MR) is 86.4 cm³/mol. The molecule has 0 aliphatic carbocycles. The van der Waals surface area contributed by atoms with Crippen LogP contribution < -0.4 is 19.8 Å². The molecule has 0 bridgehead atoms. The highest BCUT2D eigenvalue weighted by Gasteiger charge is 2.07. The Hall–Kier alpha value is -2.95. The van der Waals surface area contributed by atoms with Gasteiger partial charge in [0.25, 0.3) is 0 Å². The fraction of sp³-hybridized carbons (Fsp3) is 0.167. The van der Waals surface area contributed by atoms with E-state index in [9.17, 15) is 4.79 Å². The zero-order chi connectivity index (χ0) is 16.2. The number of benzene rings is 2. The molecule has 1 aromatic heterocycles. The summed E-state index contributed by atoms with van der Waals surface area (Å²) in [6, 6.07) is 14.0. The van der Waals surface area contributed by atoms with Crippen LogP contribution in [0.25, 0.3) is 11.0 Å². The molecule has 1 heterocycles. The SMILES string of the molecule is COc1ccc(OC)c(COc2ccc3ccc(=O)oc3c2)c1. The molecule has 0 aliphatic heterocycles. The van der Waals surface area contributed by atoms with Crippen LogP contribution in [0.4, 0.5) is 0 Å². The quantitative estimate of drug-likeness (QED) is 0.676. The van der Waals surface area contributed by atoms with Gasteiger partial charge in [0, 0.05) is 23.1 Å².